The number of carbonyl (C=O) groups excluding carboxylic acids is 1. The van der Waals surface area contributed by atoms with E-state index in [2.05, 4.69) is 13.8 Å². The van der Waals surface area contributed by atoms with Gasteiger partial charge in [0.2, 0.25) is 0 Å². The van der Waals surface area contributed by atoms with Crippen molar-refractivity contribution < 1.29 is 15.0 Å². The lowest BCUT2D eigenvalue weighted by atomic mass is 9.95. The second kappa shape index (κ2) is 19.8. The van der Waals surface area contributed by atoms with Gasteiger partial charge in [0.05, 0.1) is 12.1 Å². The number of hydrogen-bond acceptors (Lipinski definition) is 4. The molecule has 0 amide bonds. The van der Waals surface area contributed by atoms with Gasteiger partial charge in [0.25, 0.3) is 0 Å². The Hall–Kier alpha value is -0.450. The summed E-state index contributed by atoms with van der Waals surface area (Å²) in [6, 6.07) is -0.855. The Morgan fingerprint density at radius 3 is 1.54 bits per heavy atom. The number of aliphatic hydroxyl groups excluding tert-OH is 2. The Morgan fingerprint density at radius 2 is 1.07 bits per heavy atom. The molecule has 168 valence electrons. The number of aliphatic hydroxyl groups is 2. The number of ketones is 1. The minimum atomic E-state index is -1.23. The molecule has 0 fully saturated rings. The van der Waals surface area contributed by atoms with Gasteiger partial charge in [0, 0.05) is 6.42 Å². The summed E-state index contributed by atoms with van der Waals surface area (Å²) < 4.78 is 0. The van der Waals surface area contributed by atoms with E-state index in [-0.39, 0.29) is 5.78 Å². The largest absolute Gasteiger partial charge is 0.391 e. The topological polar surface area (TPSA) is 83.6 Å². The van der Waals surface area contributed by atoms with Crippen LogP contribution in [0.2, 0.25) is 0 Å². The lowest BCUT2D eigenvalue weighted by Crippen LogP contribution is -2.48. The molecular weight excluding hydrogens is 350 g/mol. The summed E-state index contributed by atoms with van der Waals surface area (Å²) in [4.78, 5) is 11.9. The molecule has 0 aromatic heterocycles. The predicted octanol–water partition coefficient (Wildman–Crippen LogP) is 5.67. The first-order valence-electron chi connectivity index (χ1n) is 12.2. The van der Waals surface area contributed by atoms with E-state index in [9.17, 15) is 15.0 Å². The molecule has 0 saturated heterocycles. The standard InChI is InChI=1S/C24H49NO3/c1-3-5-7-8-9-10-11-12-13-14-15-16-18-19-21(26)23(25)24(28)22(27)20-17-6-4-2/h21,23-24,26,28H,3-20,25H2,1-2H3/t21-,23+,24?/m1/s1. The van der Waals surface area contributed by atoms with E-state index in [1.807, 2.05) is 0 Å². The number of carbonyl (C=O) groups is 1. The Bertz CT molecular complexity index is 349. The Morgan fingerprint density at radius 1 is 0.679 bits per heavy atom. The molecule has 1 unspecified atom stereocenters. The number of nitrogens with two attached hydrogens (primary N) is 1. The van der Waals surface area contributed by atoms with E-state index >= 15 is 0 Å². The molecule has 0 radical (unpaired) electrons. The van der Waals surface area contributed by atoms with Crippen LogP contribution in [0.1, 0.15) is 129 Å². The lowest BCUT2D eigenvalue weighted by Gasteiger charge is -2.23. The van der Waals surface area contributed by atoms with E-state index in [0.717, 1.165) is 32.1 Å². The van der Waals surface area contributed by atoms with Crippen molar-refractivity contribution in [1.29, 1.82) is 0 Å². The van der Waals surface area contributed by atoms with Crippen LogP contribution in [0, 0.1) is 0 Å². The molecule has 0 bridgehead atoms. The van der Waals surface area contributed by atoms with Gasteiger partial charge in [0.1, 0.15) is 6.10 Å². The highest BCUT2D eigenvalue weighted by Gasteiger charge is 2.27. The normalized spacial score (nSPS) is 14.8. The molecule has 0 rings (SSSR count). The van der Waals surface area contributed by atoms with Crippen molar-refractivity contribution in [3.63, 3.8) is 0 Å². The van der Waals surface area contributed by atoms with Crippen molar-refractivity contribution >= 4 is 5.78 Å². The quantitative estimate of drug-likeness (QED) is 0.217. The van der Waals surface area contributed by atoms with Crippen molar-refractivity contribution in [2.45, 2.75) is 148 Å². The molecule has 0 heterocycles. The fraction of sp³-hybridized carbons (Fsp3) is 0.958. The van der Waals surface area contributed by atoms with Gasteiger partial charge in [-0.2, -0.15) is 0 Å². The van der Waals surface area contributed by atoms with E-state index in [1.54, 1.807) is 0 Å². The average Bonchev–Trinajstić information content (AvgIpc) is 2.70. The van der Waals surface area contributed by atoms with Crippen molar-refractivity contribution in [2.75, 3.05) is 0 Å². The molecule has 4 heteroatoms. The first kappa shape index (κ1) is 27.5. The summed E-state index contributed by atoms with van der Waals surface area (Å²) in [6.07, 6.45) is 18.4. The van der Waals surface area contributed by atoms with Crippen LogP contribution in [-0.4, -0.2) is 34.2 Å². The van der Waals surface area contributed by atoms with E-state index < -0.39 is 18.2 Å². The molecule has 4 N–H and O–H groups in total. The van der Waals surface area contributed by atoms with Crippen LogP contribution >= 0.6 is 0 Å². The third kappa shape index (κ3) is 15.5. The zero-order chi connectivity index (χ0) is 21.0. The fourth-order valence-electron chi connectivity index (χ4n) is 3.69. The van der Waals surface area contributed by atoms with Gasteiger partial charge in [-0.3, -0.25) is 4.79 Å². The number of Topliss-reactive ketones (excluding diaryl/α,β-unsaturated/α-hetero) is 1. The van der Waals surface area contributed by atoms with Crippen LogP contribution in [0.5, 0.6) is 0 Å². The SMILES string of the molecule is CCCCCCCCCCCCCCC[C@@H](O)[C@H](N)C(O)C(=O)CCCCC. The van der Waals surface area contributed by atoms with Crippen LogP contribution in [0.15, 0.2) is 0 Å². The fourth-order valence-corrected chi connectivity index (χ4v) is 3.69. The highest BCUT2D eigenvalue weighted by atomic mass is 16.3. The molecular formula is C24H49NO3. The van der Waals surface area contributed by atoms with Crippen molar-refractivity contribution in [2.24, 2.45) is 5.73 Å². The first-order chi connectivity index (χ1) is 13.5. The van der Waals surface area contributed by atoms with Gasteiger partial charge in [-0.1, -0.05) is 110 Å². The Balaban J connectivity index is 3.55. The third-order valence-corrected chi connectivity index (χ3v) is 5.77. The van der Waals surface area contributed by atoms with Crippen LogP contribution in [0.4, 0.5) is 0 Å². The minimum Gasteiger partial charge on any atom is -0.391 e. The van der Waals surface area contributed by atoms with Gasteiger partial charge < -0.3 is 15.9 Å². The van der Waals surface area contributed by atoms with Gasteiger partial charge in [-0.05, 0) is 12.8 Å². The molecule has 0 aromatic rings. The zero-order valence-electron chi connectivity index (χ0n) is 18.8. The molecule has 0 aromatic carbocycles. The minimum absolute atomic E-state index is 0.231. The van der Waals surface area contributed by atoms with Crippen LogP contribution in [-0.2, 0) is 4.79 Å². The van der Waals surface area contributed by atoms with Crippen LogP contribution < -0.4 is 5.73 Å². The Labute approximate surface area is 174 Å². The molecule has 0 spiro atoms. The molecule has 28 heavy (non-hydrogen) atoms. The van der Waals surface area contributed by atoms with Crippen LogP contribution in [0.3, 0.4) is 0 Å². The maximum Gasteiger partial charge on any atom is 0.162 e. The summed E-state index contributed by atoms with van der Waals surface area (Å²) in [6.45, 7) is 4.33. The second-order valence-corrected chi connectivity index (χ2v) is 8.54. The van der Waals surface area contributed by atoms with Gasteiger partial charge >= 0.3 is 0 Å². The van der Waals surface area contributed by atoms with Crippen molar-refractivity contribution in [1.82, 2.24) is 0 Å². The van der Waals surface area contributed by atoms with E-state index in [0.29, 0.717) is 12.8 Å². The van der Waals surface area contributed by atoms with Gasteiger partial charge in [-0.25, -0.2) is 0 Å². The van der Waals surface area contributed by atoms with Crippen molar-refractivity contribution in [3.8, 4) is 0 Å². The zero-order valence-corrected chi connectivity index (χ0v) is 18.8. The number of hydrogen-bond donors (Lipinski definition) is 3. The average molecular weight is 400 g/mol. The molecule has 0 aliphatic rings. The maximum absolute atomic E-state index is 11.9. The summed E-state index contributed by atoms with van der Waals surface area (Å²) in [5.74, 6) is -0.231. The highest BCUT2D eigenvalue weighted by Crippen LogP contribution is 2.15. The molecule has 3 atom stereocenters. The predicted molar refractivity (Wildman–Crippen MR) is 119 cm³/mol. The molecule has 0 saturated carbocycles. The van der Waals surface area contributed by atoms with Crippen LogP contribution in [0.25, 0.3) is 0 Å². The number of rotatable bonds is 21. The Kier molecular flexibility index (Phi) is 19.5. The third-order valence-electron chi connectivity index (χ3n) is 5.77. The first-order valence-corrected chi connectivity index (χ1v) is 12.2. The summed E-state index contributed by atoms with van der Waals surface area (Å²) in [7, 11) is 0. The van der Waals surface area contributed by atoms with Gasteiger partial charge in [-0.15, -0.1) is 0 Å². The summed E-state index contributed by atoms with van der Waals surface area (Å²) >= 11 is 0. The molecule has 0 aliphatic heterocycles. The lowest BCUT2D eigenvalue weighted by molar-refractivity contribution is -0.129. The molecule has 4 nitrogen and oxygen atoms in total. The maximum atomic E-state index is 11.9. The van der Waals surface area contributed by atoms with E-state index in [1.165, 1.54) is 70.6 Å². The van der Waals surface area contributed by atoms with E-state index in [4.69, 9.17) is 5.73 Å². The van der Waals surface area contributed by atoms with Gasteiger partial charge in [0.15, 0.2) is 5.78 Å². The van der Waals surface area contributed by atoms with Crippen molar-refractivity contribution in [3.05, 3.63) is 0 Å². The smallest absolute Gasteiger partial charge is 0.162 e. The summed E-state index contributed by atoms with van der Waals surface area (Å²) in [5.41, 5.74) is 5.89. The monoisotopic (exact) mass is 399 g/mol. The highest BCUT2D eigenvalue weighted by molar-refractivity contribution is 5.83. The number of unbranched alkanes of at least 4 members (excludes halogenated alkanes) is 14. The second-order valence-electron chi connectivity index (χ2n) is 8.54. The molecule has 0 aliphatic carbocycles. The summed E-state index contributed by atoms with van der Waals surface area (Å²) in [5, 5.41) is 20.2.